The summed E-state index contributed by atoms with van der Waals surface area (Å²) in [6.45, 7) is 1.60. The van der Waals surface area contributed by atoms with Crippen LogP contribution in [0, 0.1) is 0 Å². The molecule has 0 fully saturated rings. The van der Waals surface area contributed by atoms with Gasteiger partial charge in [-0.15, -0.1) is 0 Å². The van der Waals surface area contributed by atoms with Crippen molar-refractivity contribution in [2.45, 2.75) is 6.92 Å². The third-order valence-corrected chi connectivity index (χ3v) is 3.28. The fourth-order valence-electron chi connectivity index (χ4n) is 2.31. The lowest BCUT2D eigenvalue weighted by Gasteiger charge is -1.98. The second-order valence-electron chi connectivity index (χ2n) is 4.57. The highest BCUT2D eigenvalue weighted by Gasteiger charge is 2.07. The number of carboxylic acid groups (broad SMARTS) is 1. The van der Waals surface area contributed by atoms with Gasteiger partial charge < -0.3 is 10.1 Å². The minimum atomic E-state index is -0.895. The summed E-state index contributed by atoms with van der Waals surface area (Å²) in [6, 6.07) is 14.0. The zero-order valence-corrected chi connectivity index (χ0v) is 10.5. The summed E-state index contributed by atoms with van der Waals surface area (Å²) in [5, 5.41) is 11.2. The van der Waals surface area contributed by atoms with Gasteiger partial charge in [0.05, 0.1) is 5.52 Å². The Morgan fingerprint density at radius 1 is 1.11 bits per heavy atom. The van der Waals surface area contributed by atoms with E-state index in [4.69, 9.17) is 5.11 Å². The molecule has 1 heterocycles. The zero-order valence-electron chi connectivity index (χ0n) is 10.5. The fourth-order valence-corrected chi connectivity index (χ4v) is 2.31. The number of hydrogen-bond acceptors (Lipinski definition) is 1. The molecule has 0 aliphatic heterocycles. The minimum absolute atomic E-state index is 0.325. The molecule has 19 heavy (non-hydrogen) atoms. The summed E-state index contributed by atoms with van der Waals surface area (Å²) >= 11 is 0. The normalized spacial score (nSPS) is 12.2. The number of benzene rings is 2. The van der Waals surface area contributed by atoms with E-state index in [1.807, 2.05) is 36.4 Å². The van der Waals surface area contributed by atoms with Crippen LogP contribution in [-0.4, -0.2) is 16.1 Å². The Hall–Kier alpha value is -2.55. The first kappa shape index (κ1) is 11.5. The van der Waals surface area contributed by atoms with Gasteiger partial charge in [0.2, 0.25) is 0 Å². The number of fused-ring (bicyclic) bond motifs is 3. The van der Waals surface area contributed by atoms with Crippen molar-refractivity contribution in [3.63, 3.8) is 0 Å². The Balaban J connectivity index is 2.32. The third-order valence-electron chi connectivity index (χ3n) is 3.28. The van der Waals surface area contributed by atoms with Gasteiger partial charge in [0.25, 0.3) is 0 Å². The van der Waals surface area contributed by atoms with E-state index >= 15 is 0 Å². The van der Waals surface area contributed by atoms with E-state index in [2.05, 4.69) is 11.1 Å². The van der Waals surface area contributed by atoms with Crippen molar-refractivity contribution in [1.29, 1.82) is 0 Å². The number of aromatic nitrogens is 1. The zero-order chi connectivity index (χ0) is 13.4. The SMILES string of the molecule is CC(=Cc1cccc2c1[nH]c1ccccc12)C(=O)O. The number of para-hydroxylation sites is 2. The molecule has 0 unspecified atom stereocenters. The lowest BCUT2D eigenvalue weighted by molar-refractivity contribution is -0.132. The summed E-state index contributed by atoms with van der Waals surface area (Å²) in [5.41, 5.74) is 3.26. The van der Waals surface area contributed by atoms with E-state index in [-0.39, 0.29) is 0 Å². The van der Waals surface area contributed by atoms with Crippen molar-refractivity contribution in [3.05, 3.63) is 53.6 Å². The number of H-pyrrole nitrogens is 1. The highest BCUT2D eigenvalue weighted by molar-refractivity contribution is 6.10. The molecule has 0 aliphatic rings. The molecule has 3 rings (SSSR count). The summed E-state index contributed by atoms with van der Waals surface area (Å²) in [4.78, 5) is 14.3. The van der Waals surface area contributed by atoms with Crippen molar-refractivity contribution < 1.29 is 9.90 Å². The molecule has 2 N–H and O–H groups in total. The second-order valence-corrected chi connectivity index (χ2v) is 4.57. The van der Waals surface area contributed by atoms with Gasteiger partial charge in [-0.25, -0.2) is 4.79 Å². The number of nitrogens with one attached hydrogen (secondary N) is 1. The highest BCUT2D eigenvalue weighted by Crippen LogP contribution is 2.28. The van der Waals surface area contributed by atoms with Crippen LogP contribution in [0.25, 0.3) is 27.9 Å². The molecule has 1 aromatic heterocycles. The molecule has 94 valence electrons. The number of aromatic amines is 1. The fraction of sp³-hybridized carbons (Fsp3) is 0.0625. The van der Waals surface area contributed by atoms with Crippen LogP contribution in [0.5, 0.6) is 0 Å². The Morgan fingerprint density at radius 3 is 2.63 bits per heavy atom. The summed E-state index contributed by atoms with van der Waals surface area (Å²) in [5.74, 6) is -0.895. The Labute approximate surface area is 110 Å². The molecule has 0 saturated heterocycles. The predicted molar refractivity (Wildman–Crippen MR) is 77.1 cm³/mol. The number of carboxylic acids is 1. The van der Waals surface area contributed by atoms with Crippen molar-refractivity contribution in [3.8, 4) is 0 Å². The van der Waals surface area contributed by atoms with Gasteiger partial charge in [-0.1, -0.05) is 36.4 Å². The second kappa shape index (κ2) is 4.28. The van der Waals surface area contributed by atoms with Gasteiger partial charge in [0.15, 0.2) is 0 Å². The maximum atomic E-state index is 10.9. The summed E-state index contributed by atoms with van der Waals surface area (Å²) in [6.07, 6.45) is 1.69. The van der Waals surface area contributed by atoms with Crippen LogP contribution in [0.4, 0.5) is 0 Å². The number of aliphatic carboxylic acids is 1. The van der Waals surface area contributed by atoms with E-state index < -0.39 is 5.97 Å². The van der Waals surface area contributed by atoms with Crippen molar-refractivity contribution >= 4 is 33.9 Å². The van der Waals surface area contributed by atoms with Crippen LogP contribution in [0.1, 0.15) is 12.5 Å². The van der Waals surface area contributed by atoms with Gasteiger partial charge in [0.1, 0.15) is 0 Å². The molecule has 3 nitrogen and oxygen atoms in total. The van der Waals surface area contributed by atoms with E-state index in [0.29, 0.717) is 5.57 Å². The Bertz CT molecular complexity index is 812. The van der Waals surface area contributed by atoms with Gasteiger partial charge >= 0.3 is 5.97 Å². The lowest BCUT2D eigenvalue weighted by atomic mass is 10.1. The molecule has 0 amide bonds. The molecule has 0 bridgehead atoms. The molecule has 0 aliphatic carbocycles. The molecule has 0 saturated carbocycles. The maximum absolute atomic E-state index is 10.9. The average Bonchev–Trinajstić information content (AvgIpc) is 2.78. The van der Waals surface area contributed by atoms with Crippen LogP contribution in [0.2, 0.25) is 0 Å². The van der Waals surface area contributed by atoms with Crippen LogP contribution in [0.15, 0.2) is 48.0 Å². The molecule has 3 heteroatoms. The monoisotopic (exact) mass is 251 g/mol. The van der Waals surface area contributed by atoms with Gasteiger partial charge in [-0.3, -0.25) is 0 Å². The standard InChI is InChI=1S/C16H13NO2/c1-10(16(18)19)9-11-5-4-7-13-12-6-2-3-8-14(12)17-15(11)13/h2-9,17H,1H3,(H,18,19). The maximum Gasteiger partial charge on any atom is 0.331 e. The van der Waals surface area contributed by atoms with Crippen LogP contribution < -0.4 is 0 Å². The minimum Gasteiger partial charge on any atom is -0.478 e. The van der Waals surface area contributed by atoms with Crippen LogP contribution in [0.3, 0.4) is 0 Å². The summed E-state index contributed by atoms with van der Waals surface area (Å²) < 4.78 is 0. The first-order valence-corrected chi connectivity index (χ1v) is 6.08. The molecular formula is C16H13NO2. The quantitative estimate of drug-likeness (QED) is 0.680. The smallest absolute Gasteiger partial charge is 0.331 e. The van der Waals surface area contributed by atoms with E-state index in [0.717, 1.165) is 27.4 Å². The van der Waals surface area contributed by atoms with Gasteiger partial charge in [-0.05, 0) is 24.6 Å². The largest absolute Gasteiger partial charge is 0.478 e. The molecule has 3 aromatic rings. The number of hydrogen-bond donors (Lipinski definition) is 2. The average molecular weight is 251 g/mol. The van der Waals surface area contributed by atoms with Crippen LogP contribution in [-0.2, 0) is 4.79 Å². The predicted octanol–water partition coefficient (Wildman–Crippen LogP) is 3.81. The van der Waals surface area contributed by atoms with E-state index in [1.165, 1.54) is 0 Å². The van der Waals surface area contributed by atoms with E-state index in [9.17, 15) is 4.79 Å². The molecule has 0 radical (unpaired) electrons. The number of carbonyl (C=O) groups is 1. The molecule has 0 atom stereocenters. The topological polar surface area (TPSA) is 53.1 Å². The third kappa shape index (κ3) is 1.89. The first-order valence-electron chi connectivity index (χ1n) is 6.08. The van der Waals surface area contributed by atoms with Gasteiger partial charge in [0, 0.05) is 21.9 Å². The van der Waals surface area contributed by atoms with Crippen molar-refractivity contribution in [2.75, 3.05) is 0 Å². The van der Waals surface area contributed by atoms with Gasteiger partial charge in [-0.2, -0.15) is 0 Å². The van der Waals surface area contributed by atoms with Crippen molar-refractivity contribution in [2.24, 2.45) is 0 Å². The first-order chi connectivity index (χ1) is 9.16. The molecule has 2 aromatic carbocycles. The number of rotatable bonds is 2. The highest BCUT2D eigenvalue weighted by atomic mass is 16.4. The van der Waals surface area contributed by atoms with Crippen molar-refractivity contribution in [1.82, 2.24) is 4.98 Å². The molecule has 0 spiro atoms. The molecular weight excluding hydrogens is 238 g/mol. The lowest BCUT2D eigenvalue weighted by Crippen LogP contribution is -1.95. The van der Waals surface area contributed by atoms with E-state index in [1.54, 1.807) is 13.0 Å². The van der Waals surface area contributed by atoms with Crippen LogP contribution >= 0.6 is 0 Å². The Morgan fingerprint density at radius 2 is 1.84 bits per heavy atom. The summed E-state index contributed by atoms with van der Waals surface area (Å²) in [7, 11) is 0. The Kier molecular flexibility index (Phi) is 2.60.